The van der Waals surface area contributed by atoms with Gasteiger partial charge in [0.05, 0.1) is 16.8 Å². The van der Waals surface area contributed by atoms with Crippen LogP contribution in [-0.2, 0) is 12.7 Å². The van der Waals surface area contributed by atoms with Gasteiger partial charge in [-0.15, -0.1) is 5.10 Å². The Kier molecular flexibility index (Phi) is 6.67. The lowest BCUT2D eigenvalue weighted by Crippen LogP contribution is -2.51. The molecule has 3 aliphatic rings. The van der Waals surface area contributed by atoms with E-state index in [9.17, 15) is 41.0 Å². The van der Waals surface area contributed by atoms with E-state index in [1.54, 1.807) is 0 Å². The summed E-state index contributed by atoms with van der Waals surface area (Å²) in [6.07, 6.45) is -7.84. The highest BCUT2D eigenvalue weighted by Gasteiger charge is 2.54. The average molecular weight is 611 g/mol. The van der Waals surface area contributed by atoms with Crippen LogP contribution in [0.5, 0.6) is 0 Å². The van der Waals surface area contributed by atoms with Gasteiger partial charge in [-0.25, -0.2) is 9.50 Å². The van der Waals surface area contributed by atoms with Gasteiger partial charge in [0, 0.05) is 30.4 Å². The minimum Gasteiger partial charge on any atom is -0.381 e. The monoisotopic (exact) mass is 610 g/mol. The van der Waals surface area contributed by atoms with Crippen molar-refractivity contribution in [1.82, 2.24) is 24.8 Å². The highest BCUT2D eigenvalue weighted by molar-refractivity contribution is 6.04. The first-order valence-corrected chi connectivity index (χ1v) is 13.9. The van der Waals surface area contributed by atoms with Crippen LogP contribution in [0.25, 0.3) is 16.9 Å². The van der Waals surface area contributed by atoms with Crippen LogP contribution < -0.4 is 11.1 Å². The fourth-order valence-electron chi connectivity index (χ4n) is 6.12. The number of fused-ring (bicyclic) bond motifs is 2. The first-order valence-electron chi connectivity index (χ1n) is 13.9. The molecule has 43 heavy (non-hydrogen) atoms. The maximum atomic E-state index is 14.2. The summed E-state index contributed by atoms with van der Waals surface area (Å²) < 4.78 is 83.3. The van der Waals surface area contributed by atoms with Crippen molar-refractivity contribution in [3.8, 4) is 11.3 Å². The van der Waals surface area contributed by atoms with E-state index in [0.717, 1.165) is 18.9 Å². The zero-order valence-electron chi connectivity index (χ0n) is 22.9. The molecular weight excluding hydrogens is 582 g/mol. The number of amides is 2. The molecule has 2 aromatic heterocycles. The molecule has 2 aliphatic carbocycles. The quantitative estimate of drug-likeness (QED) is 0.359. The minimum atomic E-state index is -4.82. The van der Waals surface area contributed by atoms with Crippen molar-refractivity contribution in [2.75, 3.05) is 5.73 Å². The lowest BCUT2D eigenvalue weighted by molar-refractivity contribution is -0.270. The molecule has 0 radical (unpaired) electrons. The van der Waals surface area contributed by atoms with Gasteiger partial charge in [0.2, 0.25) is 0 Å². The number of aliphatic hydroxyl groups is 1. The number of alkyl halides is 6. The zero-order valence-corrected chi connectivity index (χ0v) is 22.9. The Hall–Kier alpha value is -3.88. The van der Waals surface area contributed by atoms with Crippen LogP contribution in [0.1, 0.15) is 77.3 Å². The minimum absolute atomic E-state index is 0.0309. The first-order chi connectivity index (χ1) is 20.1. The van der Waals surface area contributed by atoms with E-state index < -0.39 is 54.2 Å². The molecule has 1 aromatic carbocycles. The topological polar surface area (TPSA) is 126 Å². The number of halogens is 6. The Morgan fingerprint density at radius 3 is 2.42 bits per heavy atom. The number of nitrogens with zero attached hydrogens (tertiary/aromatic N) is 4. The van der Waals surface area contributed by atoms with E-state index in [1.807, 2.05) is 6.92 Å². The van der Waals surface area contributed by atoms with Crippen molar-refractivity contribution in [2.45, 2.75) is 82.0 Å². The molecule has 6 rings (SSSR count). The number of rotatable bonds is 5. The third-order valence-electron chi connectivity index (χ3n) is 8.85. The predicted octanol–water partition coefficient (Wildman–Crippen LogP) is 4.72. The Morgan fingerprint density at radius 1 is 1.14 bits per heavy atom. The van der Waals surface area contributed by atoms with Crippen molar-refractivity contribution in [3.63, 3.8) is 0 Å². The molecule has 1 aliphatic heterocycles. The fourth-order valence-corrected chi connectivity index (χ4v) is 6.12. The highest BCUT2D eigenvalue weighted by atomic mass is 19.4. The van der Waals surface area contributed by atoms with Crippen molar-refractivity contribution < 1.29 is 41.0 Å². The van der Waals surface area contributed by atoms with Crippen LogP contribution >= 0.6 is 0 Å². The third kappa shape index (κ3) is 5.06. The molecule has 2 fully saturated rings. The smallest absolute Gasteiger partial charge is 0.381 e. The highest BCUT2D eigenvalue weighted by Crippen LogP contribution is 2.44. The van der Waals surface area contributed by atoms with Crippen molar-refractivity contribution in [3.05, 3.63) is 46.6 Å². The number of nitrogens with two attached hydrogens (primary N) is 1. The lowest BCUT2D eigenvalue weighted by Gasteiger charge is -2.37. The molecule has 1 unspecified atom stereocenters. The van der Waals surface area contributed by atoms with E-state index in [2.05, 4.69) is 15.4 Å². The molecule has 230 valence electrons. The average Bonchev–Trinajstić information content (AvgIpc) is 3.65. The maximum absolute atomic E-state index is 14.2. The van der Waals surface area contributed by atoms with Crippen LogP contribution in [0, 0.1) is 5.92 Å². The van der Waals surface area contributed by atoms with Gasteiger partial charge in [-0.2, -0.15) is 26.3 Å². The first kappa shape index (κ1) is 29.2. The zero-order chi connectivity index (χ0) is 31.1. The summed E-state index contributed by atoms with van der Waals surface area (Å²) in [6, 6.07) is 2.89. The van der Waals surface area contributed by atoms with Gasteiger partial charge in [0.25, 0.3) is 11.8 Å². The summed E-state index contributed by atoms with van der Waals surface area (Å²) >= 11 is 0. The van der Waals surface area contributed by atoms with E-state index in [0.29, 0.717) is 0 Å². The molecule has 0 spiro atoms. The van der Waals surface area contributed by atoms with Crippen molar-refractivity contribution in [1.29, 1.82) is 0 Å². The summed E-state index contributed by atoms with van der Waals surface area (Å²) in [5, 5.41) is 16.6. The van der Waals surface area contributed by atoms with Crippen LogP contribution in [0.3, 0.4) is 0 Å². The van der Waals surface area contributed by atoms with Crippen LogP contribution in [0.4, 0.5) is 32.2 Å². The second-order valence-electron chi connectivity index (χ2n) is 11.7. The Morgan fingerprint density at radius 2 is 1.81 bits per heavy atom. The van der Waals surface area contributed by atoms with Crippen LogP contribution in [0.2, 0.25) is 0 Å². The van der Waals surface area contributed by atoms with Gasteiger partial charge in [-0.1, -0.05) is 0 Å². The lowest BCUT2D eigenvalue weighted by atomic mass is 9.81. The molecular formula is C28H28F6N6O3. The van der Waals surface area contributed by atoms with Gasteiger partial charge in [0.15, 0.2) is 17.1 Å². The van der Waals surface area contributed by atoms with Crippen LogP contribution in [-0.4, -0.2) is 60.3 Å². The van der Waals surface area contributed by atoms with E-state index in [-0.39, 0.29) is 70.8 Å². The molecule has 1 atom stereocenters. The number of carbonyl (C=O) groups excluding carboxylic acids is 2. The summed E-state index contributed by atoms with van der Waals surface area (Å²) in [5.41, 5.74) is 1.84. The number of nitrogen functional groups attached to an aromatic ring is 1. The van der Waals surface area contributed by atoms with E-state index in [1.165, 1.54) is 27.7 Å². The largest absolute Gasteiger partial charge is 0.417 e. The standard InChI is InChI=1S/C28H28F6N6O3/c1-13(14-2-3-14)39-12-16-10-15(11-18(27(29,30)31)20(16)25(39)42)19-6-9-40-23(37-19)21(22(35)38-40)24(41)36-17-4-7-26(43,8-5-17)28(32,33)34/h6,9-11,13-14,17,43H,2-5,7-8,12H2,1H3,(H2,35,38)(H,36,41). The Labute approximate surface area is 241 Å². The number of benzene rings is 1. The van der Waals surface area contributed by atoms with E-state index >= 15 is 0 Å². The predicted molar refractivity (Wildman–Crippen MR) is 141 cm³/mol. The van der Waals surface area contributed by atoms with Crippen LogP contribution in [0.15, 0.2) is 24.4 Å². The molecule has 2 amide bonds. The number of nitrogens with one attached hydrogen (secondary N) is 1. The summed E-state index contributed by atoms with van der Waals surface area (Å²) in [7, 11) is 0. The number of anilines is 1. The molecule has 0 saturated heterocycles. The number of hydrogen-bond donors (Lipinski definition) is 3. The molecule has 0 bridgehead atoms. The van der Waals surface area contributed by atoms with Gasteiger partial charge in [-0.3, -0.25) is 9.59 Å². The normalized spacial score (nSPS) is 23.5. The number of carbonyl (C=O) groups is 2. The van der Waals surface area contributed by atoms with Crippen molar-refractivity contribution >= 4 is 23.3 Å². The SMILES string of the molecule is CC(C1CC1)N1Cc2cc(-c3ccn4nc(N)c(C(=O)NC5CCC(O)(C(F)(F)F)CC5)c4n3)cc(C(F)(F)F)c2C1=O. The summed E-state index contributed by atoms with van der Waals surface area (Å²) in [5.74, 6) is -1.39. The molecule has 9 nitrogen and oxygen atoms in total. The second-order valence-corrected chi connectivity index (χ2v) is 11.7. The number of hydrogen-bond acceptors (Lipinski definition) is 6. The molecule has 3 aromatic rings. The fraction of sp³-hybridized carbons (Fsp3) is 0.500. The Balaban J connectivity index is 1.31. The van der Waals surface area contributed by atoms with E-state index in [4.69, 9.17) is 5.73 Å². The van der Waals surface area contributed by atoms with Crippen molar-refractivity contribution in [2.24, 2.45) is 5.92 Å². The molecule has 4 N–H and O–H groups in total. The summed E-state index contributed by atoms with van der Waals surface area (Å²) in [4.78, 5) is 32.2. The molecule has 2 saturated carbocycles. The Bertz CT molecular complexity index is 1620. The van der Waals surface area contributed by atoms with Gasteiger partial charge in [0.1, 0.15) is 5.56 Å². The second kappa shape index (κ2) is 9.82. The molecule has 15 heteroatoms. The van der Waals surface area contributed by atoms with Gasteiger partial charge < -0.3 is 21.1 Å². The third-order valence-corrected chi connectivity index (χ3v) is 8.85. The summed E-state index contributed by atoms with van der Waals surface area (Å²) in [6.45, 7) is 1.87. The molecule has 3 heterocycles. The number of aromatic nitrogens is 3. The van der Waals surface area contributed by atoms with Gasteiger partial charge >= 0.3 is 12.4 Å². The van der Waals surface area contributed by atoms with Gasteiger partial charge in [-0.05, 0) is 75.1 Å². The maximum Gasteiger partial charge on any atom is 0.417 e.